The maximum Gasteiger partial charge on any atom is 0.245 e. The number of carbonyl (C=O) groups is 1. The van der Waals surface area contributed by atoms with Gasteiger partial charge in [0.05, 0.1) is 13.2 Å². The van der Waals surface area contributed by atoms with Crippen LogP contribution in [-0.2, 0) is 9.53 Å². The van der Waals surface area contributed by atoms with Crippen LogP contribution in [0.3, 0.4) is 0 Å². The molecule has 0 bridgehead atoms. The molecule has 0 spiro atoms. The second-order valence-electron chi connectivity index (χ2n) is 4.18. The Bertz CT molecular complexity index is 289. The highest BCUT2D eigenvalue weighted by atomic mass is 16.5. The molecule has 0 aromatic heterocycles. The third-order valence-corrected chi connectivity index (χ3v) is 2.68. The van der Waals surface area contributed by atoms with Crippen LogP contribution in [0.25, 0.3) is 0 Å². The third kappa shape index (κ3) is 4.50. The average Bonchev–Trinajstić information content (AvgIpc) is 2.43. The van der Waals surface area contributed by atoms with Crippen LogP contribution in [0.1, 0.15) is 20.3 Å². The highest BCUT2D eigenvalue weighted by Gasteiger charge is 2.22. The van der Waals surface area contributed by atoms with Crippen molar-refractivity contribution in [3.8, 4) is 0 Å². The van der Waals surface area contributed by atoms with Crippen LogP contribution in [0.2, 0.25) is 0 Å². The van der Waals surface area contributed by atoms with Crippen LogP contribution in [0, 0.1) is 0 Å². The average molecular weight is 257 g/mol. The summed E-state index contributed by atoms with van der Waals surface area (Å²) in [5.74, 6) is 5.84. The number of rotatable bonds is 4. The zero-order chi connectivity index (χ0) is 13.4. The van der Waals surface area contributed by atoms with Gasteiger partial charge in [-0.1, -0.05) is 6.92 Å². The summed E-state index contributed by atoms with van der Waals surface area (Å²) in [6.45, 7) is 6.99. The van der Waals surface area contributed by atoms with E-state index in [1.54, 1.807) is 11.8 Å². The lowest BCUT2D eigenvalue weighted by atomic mass is 10.2. The number of amides is 1. The summed E-state index contributed by atoms with van der Waals surface area (Å²) in [6, 6.07) is -0.352. The molecule has 18 heavy (non-hydrogen) atoms. The van der Waals surface area contributed by atoms with Crippen LogP contribution in [0.15, 0.2) is 4.99 Å². The maximum atomic E-state index is 12.1. The van der Waals surface area contributed by atoms with Gasteiger partial charge in [0.1, 0.15) is 6.04 Å². The molecule has 1 unspecified atom stereocenters. The molecule has 0 saturated carbocycles. The standard InChI is InChI=1S/C11H23N5O2/c1-3-4-13-11(15-12)14-9(2)10(17)16-5-7-18-8-6-16/h9H,3-8,12H2,1-2H3,(H2,13,14,15). The van der Waals surface area contributed by atoms with Gasteiger partial charge in [0.2, 0.25) is 11.9 Å². The van der Waals surface area contributed by atoms with Gasteiger partial charge in [0.15, 0.2) is 0 Å². The minimum Gasteiger partial charge on any atom is -0.378 e. The molecule has 1 rings (SSSR count). The van der Waals surface area contributed by atoms with E-state index in [2.05, 4.69) is 15.7 Å². The number of ether oxygens (including phenoxy) is 1. The van der Waals surface area contributed by atoms with Crippen molar-refractivity contribution < 1.29 is 9.53 Å². The molecule has 0 aromatic rings. The number of hydrogen-bond acceptors (Lipinski definition) is 4. The molecule has 0 aliphatic carbocycles. The van der Waals surface area contributed by atoms with Crippen molar-refractivity contribution in [1.29, 1.82) is 0 Å². The lowest BCUT2D eigenvalue weighted by molar-refractivity contribution is -0.136. The molecule has 1 atom stereocenters. The zero-order valence-electron chi connectivity index (χ0n) is 11.1. The SMILES string of the molecule is CCCN=C(NN)NC(C)C(=O)N1CCOCC1. The van der Waals surface area contributed by atoms with Crippen LogP contribution in [0.5, 0.6) is 0 Å². The maximum absolute atomic E-state index is 12.1. The third-order valence-electron chi connectivity index (χ3n) is 2.68. The van der Waals surface area contributed by atoms with E-state index < -0.39 is 0 Å². The summed E-state index contributed by atoms with van der Waals surface area (Å²) in [5.41, 5.74) is 2.47. The number of hydrazine groups is 1. The van der Waals surface area contributed by atoms with Crippen molar-refractivity contribution in [1.82, 2.24) is 15.6 Å². The molecule has 1 amide bonds. The molecule has 4 N–H and O–H groups in total. The summed E-state index contributed by atoms with van der Waals surface area (Å²) in [6.07, 6.45) is 0.929. The topological polar surface area (TPSA) is 92.0 Å². The fourth-order valence-corrected chi connectivity index (χ4v) is 1.68. The van der Waals surface area contributed by atoms with E-state index in [4.69, 9.17) is 10.6 Å². The first-order valence-electron chi connectivity index (χ1n) is 6.33. The largest absolute Gasteiger partial charge is 0.378 e. The number of nitrogens with one attached hydrogen (secondary N) is 2. The molecule has 0 aromatic carbocycles. The number of carbonyl (C=O) groups excluding carboxylic acids is 1. The van der Waals surface area contributed by atoms with Crippen molar-refractivity contribution >= 4 is 11.9 Å². The fraction of sp³-hybridized carbons (Fsp3) is 0.818. The quantitative estimate of drug-likeness (QED) is 0.261. The van der Waals surface area contributed by atoms with E-state index in [0.29, 0.717) is 38.8 Å². The lowest BCUT2D eigenvalue weighted by Gasteiger charge is -2.29. The predicted molar refractivity (Wildman–Crippen MR) is 69.9 cm³/mol. The Morgan fingerprint density at radius 1 is 1.50 bits per heavy atom. The van der Waals surface area contributed by atoms with Gasteiger partial charge in [-0.2, -0.15) is 0 Å². The van der Waals surface area contributed by atoms with E-state index in [9.17, 15) is 4.79 Å². The molecular weight excluding hydrogens is 234 g/mol. The van der Waals surface area contributed by atoms with Crippen molar-refractivity contribution in [2.24, 2.45) is 10.8 Å². The first-order valence-corrected chi connectivity index (χ1v) is 6.33. The summed E-state index contributed by atoms with van der Waals surface area (Å²) < 4.78 is 5.21. The van der Waals surface area contributed by atoms with Crippen molar-refractivity contribution in [3.05, 3.63) is 0 Å². The second-order valence-corrected chi connectivity index (χ2v) is 4.18. The summed E-state index contributed by atoms with van der Waals surface area (Å²) >= 11 is 0. The van der Waals surface area contributed by atoms with E-state index >= 15 is 0 Å². The molecule has 104 valence electrons. The zero-order valence-corrected chi connectivity index (χ0v) is 11.1. The van der Waals surface area contributed by atoms with Gasteiger partial charge in [0.25, 0.3) is 0 Å². The van der Waals surface area contributed by atoms with Crippen LogP contribution in [-0.4, -0.2) is 55.7 Å². The van der Waals surface area contributed by atoms with E-state index in [-0.39, 0.29) is 11.9 Å². The van der Waals surface area contributed by atoms with Crippen LogP contribution in [0.4, 0.5) is 0 Å². The Morgan fingerprint density at radius 3 is 2.72 bits per heavy atom. The van der Waals surface area contributed by atoms with Crippen molar-refractivity contribution in [3.63, 3.8) is 0 Å². The Balaban J connectivity index is 2.46. The van der Waals surface area contributed by atoms with Gasteiger partial charge in [0, 0.05) is 19.6 Å². The van der Waals surface area contributed by atoms with Gasteiger partial charge < -0.3 is 15.0 Å². The highest BCUT2D eigenvalue weighted by Crippen LogP contribution is 2.00. The molecular formula is C11H23N5O2. The molecule has 1 heterocycles. The minimum atomic E-state index is -0.352. The molecule has 1 aliphatic rings. The van der Waals surface area contributed by atoms with Gasteiger partial charge in [-0.15, -0.1) is 0 Å². The van der Waals surface area contributed by atoms with E-state index in [1.807, 2.05) is 6.92 Å². The minimum absolute atomic E-state index is 0.0396. The monoisotopic (exact) mass is 257 g/mol. The molecule has 0 radical (unpaired) electrons. The number of aliphatic imine (C=N–C) groups is 1. The Hall–Kier alpha value is -1.34. The van der Waals surface area contributed by atoms with Gasteiger partial charge in [-0.25, -0.2) is 5.84 Å². The first-order chi connectivity index (χ1) is 8.69. The normalized spacial score (nSPS) is 18.4. The number of hydrogen-bond donors (Lipinski definition) is 3. The van der Waals surface area contributed by atoms with E-state index in [1.165, 1.54) is 0 Å². The molecule has 1 saturated heterocycles. The van der Waals surface area contributed by atoms with E-state index in [0.717, 1.165) is 6.42 Å². The van der Waals surface area contributed by atoms with Crippen LogP contribution >= 0.6 is 0 Å². The smallest absolute Gasteiger partial charge is 0.245 e. The molecule has 7 heteroatoms. The highest BCUT2D eigenvalue weighted by molar-refractivity contribution is 5.88. The molecule has 7 nitrogen and oxygen atoms in total. The summed E-state index contributed by atoms with van der Waals surface area (Å²) in [4.78, 5) is 18.1. The number of guanidine groups is 1. The number of nitrogens with zero attached hydrogens (tertiary/aromatic N) is 2. The first kappa shape index (κ1) is 14.7. The Morgan fingerprint density at radius 2 is 2.17 bits per heavy atom. The number of morpholine rings is 1. The van der Waals surface area contributed by atoms with Crippen molar-refractivity contribution in [2.45, 2.75) is 26.3 Å². The van der Waals surface area contributed by atoms with Gasteiger partial charge in [-0.05, 0) is 13.3 Å². The fourth-order valence-electron chi connectivity index (χ4n) is 1.68. The lowest BCUT2D eigenvalue weighted by Crippen LogP contribution is -2.54. The van der Waals surface area contributed by atoms with Gasteiger partial charge in [-0.3, -0.25) is 15.2 Å². The molecule has 1 fully saturated rings. The Labute approximate surface area is 108 Å². The summed E-state index contributed by atoms with van der Waals surface area (Å²) in [5, 5.41) is 2.98. The number of nitrogens with two attached hydrogens (primary N) is 1. The summed E-state index contributed by atoms with van der Waals surface area (Å²) in [7, 11) is 0. The second kappa shape index (κ2) is 7.88. The predicted octanol–water partition coefficient (Wildman–Crippen LogP) is -0.947. The molecule has 1 aliphatic heterocycles. The Kier molecular flexibility index (Phi) is 6.45. The van der Waals surface area contributed by atoms with Crippen molar-refractivity contribution in [2.75, 3.05) is 32.8 Å². The van der Waals surface area contributed by atoms with Gasteiger partial charge >= 0.3 is 0 Å². The van der Waals surface area contributed by atoms with Crippen LogP contribution < -0.4 is 16.6 Å².